The number of nitrogens with zero attached hydrogens (tertiary/aromatic N) is 3. The number of rotatable bonds is 1. The minimum absolute atomic E-state index is 0.276. The van der Waals surface area contributed by atoms with Crippen LogP contribution in [0.15, 0.2) is 6.20 Å². The molecule has 0 spiro atoms. The Morgan fingerprint density at radius 2 is 2.09 bits per heavy atom. The first-order valence-electron chi connectivity index (χ1n) is 3.84. The van der Waals surface area contributed by atoms with Gasteiger partial charge >= 0.3 is 0 Å². The van der Waals surface area contributed by atoms with Gasteiger partial charge in [0.05, 0.1) is 11.9 Å². The second-order valence-corrected chi connectivity index (χ2v) is 4.09. The second kappa shape index (κ2) is 2.64. The molecule has 1 heterocycles. The van der Waals surface area contributed by atoms with Gasteiger partial charge in [-0.25, -0.2) is 4.68 Å². The van der Waals surface area contributed by atoms with Crippen molar-refractivity contribution in [1.82, 2.24) is 15.0 Å². The smallest absolute Gasteiger partial charge is 0.0722 e. The lowest BCUT2D eigenvalue weighted by Gasteiger charge is -2.18. The van der Waals surface area contributed by atoms with E-state index in [9.17, 15) is 0 Å². The van der Waals surface area contributed by atoms with Gasteiger partial charge in [0.2, 0.25) is 0 Å². The quantitative estimate of drug-likeness (QED) is 0.614. The Morgan fingerprint density at radius 3 is 2.45 bits per heavy atom. The molecule has 1 aromatic heterocycles. The molecule has 3 heteroatoms. The van der Waals surface area contributed by atoms with Crippen LogP contribution in [-0.2, 0) is 6.54 Å². The van der Waals surface area contributed by atoms with Gasteiger partial charge < -0.3 is 0 Å². The fraction of sp³-hybridized carbons (Fsp3) is 0.750. The maximum absolute atomic E-state index is 3.97. The van der Waals surface area contributed by atoms with E-state index in [1.54, 1.807) is 6.20 Å². The number of hydrogen-bond donors (Lipinski definition) is 0. The zero-order valence-corrected chi connectivity index (χ0v) is 7.63. The summed E-state index contributed by atoms with van der Waals surface area (Å²) in [4.78, 5) is 0. The first kappa shape index (κ1) is 8.24. The molecule has 3 nitrogen and oxygen atoms in total. The monoisotopic (exact) mass is 153 g/mol. The van der Waals surface area contributed by atoms with E-state index in [4.69, 9.17) is 0 Å². The van der Waals surface area contributed by atoms with Crippen molar-refractivity contribution < 1.29 is 0 Å². The standard InChI is InChI=1S/C8H15N3/c1-7-5-9-10-11(7)6-8(2,3)4/h5H,6H2,1-4H3. The Hall–Kier alpha value is -0.860. The van der Waals surface area contributed by atoms with Crippen LogP contribution >= 0.6 is 0 Å². The molecule has 0 saturated carbocycles. The van der Waals surface area contributed by atoms with Crippen LogP contribution < -0.4 is 0 Å². The van der Waals surface area contributed by atoms with Crippen LogP contribution in [0.2, 0.25) is 0 Å². The van der Waals surface area contributed by atoms with Gasteiger partial charge in [0, 0.05) is 6.54 Å². The summed E-state index contributed by atoms with van der Waals surface area (Å²) in [6.07, 6.45) is 1.78. The van der Waals surface area contributed by atoms with E-state index < -0.39 is 0 Å². The van der Waals surface area contributed by atoms with Crippen molar-refractivity contribution in [1.29, 1.82) is 0 Å². The average Bonchev–Trinajstić information content (AvgIpc) is 2.12. The molecule has 0 aliphatic rings. The SMILES string of the molecule is Cc1cnnn1CC(C)(C)C. The van der Waals surface area contributed by atoms with E-state index in [0.717, 1.165) is 12.2 Å². The number of hydrogen-bond acceptors (Lipinski definition) is 2. The van der Waals surface area contributed by atoms with Gasteiger partial charge in [0.15, 0.2) is 0 Å². The van der Waals surface area contributed by atoms with Gasteiger partial charge in [-0.05, 0) is 12.3 Å². The highest BCUT2D eigenvalue weighted by molar-refractivity contribution is 4.89. The molecule has 62 valence electrons. The Labute approximate surface area is 67.4 Å². The lowest BCUT2D eigenvalue weighted by molar-refractivity contribution is 0.317. The molecule has 0 aromatic carbocycles. The van der Waals surface area contributed by atoms with Crippen molar-refractivity contribution in [3.63, 3.8) is 0 Å². The summed E-state index contributed by atoms with van der Waals surface area (Å²) in [5.41, 5.74) is 1.40. The van der Waals surface area contributed by atoms with Crippen molar-refractivity contribution in [3.8, 4) is 0 Å². The van der Waals surface area contributed by atoms with Crippen LogP contribution in [0.4, 0.5) is 0 Å². The Kier molecular flexibility index (Phi) is 1.98. The highest BCUT2D eigenvalue weighted by Crippen LogP contribution is 2.15. The van der Waals surface area contributed by atoms with Crippen molar-refractivity contribution >= 4 is 0 Å². The Morgan fingerprint density at radius 1 is 1.45 bits per heavy atom. The molecule has 0 radical (unpaired) electrons. The molecule has 0 aliphatic heterocycles. The average molecular weight is 153 g/mol. The molecule has 0 N–H and O–H groups in total. The minimum Gasteiger partial charge on any atom is -0.249 e. The third kappa shape index (κ3) is 2.33. The van der Waals surface area contributed by atoms with Gasteiger partial charge in [0.1, 0.15) is 0 Å². The van der Waals surface area contributed by atoms with Crippen LogP contribution in [0.5, 0.6) is 0 Å². The zero-order valence-electron chi connectivity index (χ0n) is 7.63. The molecule has 0 unspecified atom stereocenters. The summed E-state index contributed by atoms with van der Waals surface area (Å²) in [6, 6.07) is 0. The van der Waals surface area contributed by atoms with E-state index in [1.165, 1.54) is 0 Å². The Bertz CT molecular complexity index is 232. The first-order valence-corrected chi connectivity index (χ1v) is 3.84. The highest BCUT2D eigenvalue weighted by Gasteiger charge is 2.12. The number of aromatic nitrogens is 3. The van der Waals surface area contributed by atoms with Crippen molar-refractivity contribution in [3.05, 3.63) is 11.9 Å². The van der Waals surface area contributed by atoms with E-state index in [-0.39, 0.29) is 5.41 Å². The van der Waals surface area contributed by atoms with Gasteiger partial charge in [-0.1, -0.05) is 26.0 Å². The molecule has 0 saturated heterocycles. The molecule has 1 aromatic rings. The van der Waals surface area contributed by atoms with E-state index in [1.807, 2.05) is 11.6 Å². The molecular formula is C8H15N3. The van der Waals surface area contributed by atoms with Crippen LogP contribution in [0, 0.1) is 12.3 Å². The summed E-state index contributed by atoms with van der Waals surface area (Å²) in [7, 11) is 0. The van der Waals surface area contributed by atoms with Crippen molar-refractivity contribution in [2.24, 2.45) is 5.41 Å². The molecule has 0 atom stereocenters. The lowest BCUT2D eigenvalue weighted by Crippen LogP contribution is -2.17. The molecule has 0 fully saturated rings. The topological polar surface area (TPSA) is 30.7 Å². The van der Waals surface area contributed by atoms with Gasteiger partial charge in [-0.3, -0.25) is 0 Å². The predicted octanol–water partition coefficient (Wildman–Crippen LogP) is 1.63. The van der Waals surface area contributed by atoms with Gasteiger partial charge in [0.25, 0.3) is 0 Å². The summed E-state index contributed by atoms with van der Waals surface area (Å²) in [6.45, 7) is 9.51. The van der Waals surface area contributed by atoms with Crippen molar-refractivity contribution in [2.75, 3.05) is 0 Å². The minimum atomic E-state index is 0.276. The second-order valence-electron chi connectivity index (χ2n) is 4.09. The third-order valence-electron chi connectivity index (χ3n) is 1.44. The van der Waals surface area contributed by atoms with Crippen molar-refractivity contribution in [2.45, 2.75) is 34.2 Å². The highest BCUT2D eigenvalue weighted by atomic mass is 15.4. The Balaban J connectivity index is 2.72. The van der Waals surface area contributed by atoms with E-state index in [0.29, 0.717) is 0 Å². The molecule has 11 heavy (non-hydrogen) atoms. The largest absolute Gasteiger partial charge is 0.249 e. The fourth-order valence-electron chi connectivity index (χ4n) is 0.915. The van der Waals surface area contributed by atoms with E-state index >= 15 is 0 Å². The summed E-state index contributed by atoms with van der Waals surface area (Å²) in [5, 5.41) is 7.79. The third-order valence-corrected chi connectivity index (χ3v) is 1.44. The molecule has 1 rings (SSSR count). The summed E-state index contributed by atoms with van der Waals surface area (Å²) in [5.74, 6) is 0. The normalized spacial score (nSPS) is 12.0. The molecule has 0 bridgehead atoms. The molecule has 0 aliphatic carbocycles. The van der Waals surface area contributed by atoms with Gasteiger partial charge in [-0.15, -0.1) is 5.10 Å². The fourth-order valence-corrected chi connectivity index (χ4v) is 0.915. The predicted molar refractivity (Wildman–Crippen MR) is 44.2 cm³/mol. The maximum atomic E-state index is 3.97. The molecule has 0 amide bonds. The van der Waals surface area contributed by atoms with Crippen LogP contribution in [0.3, 0.4) is 0 Å². The van der Waals surface area contributed by atoms with Crippen LogP contribution in [0.1, 0.15) is 26.5 Å². The summed E-state index contributed by atoms with van der Waals surface area (Å²) >= 11 is 0. The maximum Gasteiger partial charge on any atom is 0.0722 e. The zero-order chi connectivity index (χ0) is 8.48. The summed E-state index contributed by atoms with van der Waals surface area (Å²) < 4.78 is 1.93. The molecular weight excluding hydrogens is 138 g/mol. The lowest BCUT2D eigenvalue weighted by atomic mass is 9.97. The van der Waals surface area contributed by atoms with Crippen LogP contribution in [-0.4, -0.2) is 15.0 Å². The number of aryl methyl sites for hydroxylation is 1. The van der Waals surface area contributed by atoms with Gasteiger partial charge in [-0.2, -0.15) is 0 Å². The van der Waals surface area contributed by atoms with Crippen LogP contribution in [0.25, 0.3) is 0 Å². The van der Waals surface area contributed by atoms with E-state index in [2.05, 4.69) is 31.1 Å². The first-order chi connectivity index (χ1) is 4.99.